The molecule has 0 aliphatic heterocycles. The summed E-state index contributed by atoms with van der Waals surface area (Å²) in [7, 11) is -3.84. The van der Waals surface area contributed by atoms with E-state index in [1.807, 2.05) is 91.9 Å². The highest BCUT2D eigenvalue weighted by Gasteiger charge is 2.28. The number of ether oxygens (including phenoxy) is 1. The Kier molecular flexibility index (Phi) is 7.86. The maximum absolute atomic E-state index is 13.6. The van der Waals surface area contributed by atoms with Gasteiger partial charge in [-0.15, -0.1) is 10.2 Å². The molecule has 2 N–H and O–H groups in total. The second-order valence-electron chi connectivity index (χ2n) is 9.49. The van der Waals surface area contributed by atoms with Crippen molar-refractivity contribution in [3.8, 4) is 11.4 Å². The average Bonchev–Trinajstić information content (AvgIpc) is 3.41. The molecule has 0 aliphatic rings. The van der Waals surface area contributed by atoms with E-state index in [4.69, 9.17) is 10.5 Å². The molecule has 0 aliphatic carbocycles. The molecular formula is C31H30N4O3S. The fourth-order valence-corrected chi connectivity index (χ4v) is 5.73. The van der Waals surface area contributed by atoms with Crippen molar-refractivity contribution in [1.82, 2.24) is 14.8 Å². The van der Waals surface area contributed by atoms with E-state index >= 15 is 0 Å². The Morgan fingerprint density at radius 3 is 2.03 bits per heavy atom. The first kappa shape index (κ1) is 26.3. The monoisotopic (exact) mass is 538 g/mol. The molecule has 1 atom stereocenters. The second kappa shape index (κ2) is 11.6. The van der Waals surface area contributed by atoms with Crippen LogP contribution in [-0.4, -0.2) is 23.2 Å². The van der Waals surface area contributed by atoms with Gasteiger partial charge in [0.15, 0.2) is 5.82 Å². The normalized spacial score (nSPS) is 12.3. The van der Waals surface area contributed by atoms with E-state index in [0.29, 0.717) is 35.9 Å². The summed E-state index contributed by atoms with van der Waals surface area (Å²) in [5, 5.41) is 8.30. The third-order valence-corrected chi connectivity index (χ3v) is 7.92. The number of nitrogens with zero attached hydrogens (tertiary/aromatic N) is 3. The van der Waals surface area contributed by atoms with Crippen molar-refractivity contribution < 1.29 is 13.2 Å². The maximum atomic E-state index is 13.6. The molecule has 0 fully saturated rings. The van der Waals surface area contributed by atoms with Crippen molar-refractivity contribution in [2.75, 3.05) is 0 Å². The van der Waals surface area contributed by atoms with Crippen LogP contribution in [0, 0.1) is 6.92 Å². The maximum Gasteiger partial charge on any atom is 0.254 e. The molecule has 0 saturated carbocycles. The Hall–Kier alpha value is -4.27. The minimum atomic E-state index is -3.84. The molecule has 8 heteroatoms. The van der Waals surface area contributed by atoms with Crippen molar-refractivity contribution in [3.63, 3.8) is 0 Å². The Labute approximate surface area is 228 Å². The van der Waals surface area contributed by atoms with Crippen molar-refractivity contribution in [2.24, 2.45) is 5.73 Å². The summed E-state index contributed by atoms with van der Waals surface area (Å²) in [5.41, 5.74) is 11.0. The standard InChI is InChI=1S/C31H30N4O3S/c1-23-12-14-26(15-13-23)22-39(36,37)31-34-33-30(29(32)20-24-8-4-2-5-9-24)35(31)27-16-18-28(19-17-27)38-21-25-10-6-3-7-11-25/h2-19,29H,20-22,32H2,1H3/t29-/m0/s1. The van der Waals surface area contributed by atoms with Crippen LogP contribution in [0.1, 0.15) is 34.1 Å². The number of nitrogens with two attached hydrogens (primary N) is 1. The molecule has 0 spiro atoms. The lowest BCUT2D eigenvalue weighted by Gasteiger charge is -2.16. The third-order valence-electron chi connectivity index (χ3n) is 6.39. The van der Waals surface area contributed by atoms with Crippen LogP contribution in [0.2, 0.25) is 0 Å². The minimum absolute atomic E-state index is 0.139. The lowest BCUT2D eigenvalue weighted by atomic mass is 10.1. The minimum Gasteiger partial charge on any atom is -0.489 e. The fraction of sp³-hybridized carbons (Fsp3) is 0.161. The molecular weight excluding hydrogens is 508 g/mol. The molecule has 0 amide bonds. The summed E-state index contributed by atoms with van der Waals surface area (Å²) in [6.45, 7) is 2.39. The van der Waals surface area contributed by atoms with Gasteiger partial charge in [0.05, 0.1) is 11.8 Å². The van der Waals surface area contributed by atoms with Crippen LogP contribution < -0.4 is 10.5 Å². The number of hydrogen-bond acceptors (Lipinski definition) is 6. The zero-order chi connectivity index (χ0) is 27.2. The lowest BCUT2D eigenvalue weighted by molar-refractivity contribution is 0.306. The molecule has 39 heavy (non-hydrogen) atoms. The Morgan fingerprint density at radius 2 is 1.38 bits per heavy atom. The molecule has 5 rings (SSSR count). The predicted octanol–water partition coefficient (Wildman–Crippen LogP) is 5.37. The summed E-state index contributed by atoms with van der Waals surface area (Å²) >= 11 is 0. The number of hydrogen-bond donors (Lipinski definition) is 1. The fourth-order valence-electron chi connectivity index (χ4n) is 4.33. The van der Waals surface area contributed by atoms with Crippen LogP contribution in [0.25, 0.3) is 5.69 Å². The third kappa shape index (κ3) is 6.42. The van der Waals surface area contributed by atoms with Crippen LogP contribution in [0.4, 0.5) is 0 Å². The van der Waals surface area contributed by atoms with Crippen LogP contribution >= 0.6 is 0 Å². The summed E-state index contributed by atoms with van der Waals surface area (Å²) in [5.74, 6) is 0.839. The summed E-state index contributed by atoms with van der Waals surface area (Å²) in [6, 6.07) is 33.7. The van der Waals surface area contributed by atoms with Gasteiger partial charge in [-0.3, -0.25) is 4.57 Å². The molecule has 0 saturated heterocycles. The average molecular weight is 539 g/mol. The molecule has 4 aromatic carbocycles. The molecule has 7 nitrogen and oxygen atoms in total. The quantitative estimate of drug-likeness (QED) is 0.257. The number of aryl methyl sites for hydroxylation is 1. The van der Waals surface area contributed by atoms with Crippen molar-refractivity contribution in [3.05, 3.63) is 137 Å². The van der Waals surface area contributed by atoms with Gasteiger partial charge in [0, 0.05) is 5.69 Å². The van der Waals surface area contributed by atoms with Gasteiger partial charge in [-0.2, -0.15) is 0 Å². The summed E-state index contributed by atoms with van der Waals surface area (Å²) in [4.78, 5) is 0. The lowest BCUT2D eigenvalue weighted by Crippen LogP contribution is -2.20. The first-order valence-corrected chi connectivity index (χ1v) is 14.3. The van der Waals surface area contributed by atoms with E-state index < -0.39 is 15.9 Å². The number of aromatic nitrogens is 3. The Balaban J connectivity index is 1.48. The van der Waals surface area contributed by atoms with E-state index in [-0.39, 0.29) is 10.9 Å². The van der Waals surface area contributed by atoms with Gasteiger partial charge in [0.1, 0.15) is 12.4 Å². The van der Waals surface area contributed by atoms with Gasteiger partial charge in [0.2, 0.25) is 9.84 Å². The SMILES string of the molecule is Cc1ccc(CS(=O)(=O)c2nnc([C@@H](N)Cc3ccccc3)n2-c2ccc(OCc3ccccc3)cc2)cc1. The van der Waals surface area contributed by atoms with E-state index in [2.05, 4.69) is 10.2 Å². The van der Waals surface area contributed by atoms with Crippen molar-refractivity contribution >= 4 is 9.84 Å². The highest BCUT2D eigenvalue weighted by molar-refractivity contribution is 7.90. The molecule has 1 heterocycles. The van der Waals surface area contributed by atoms with Gasteiger partial charge in [-0.1, -0.05) is 90.5 Å². The zero-order valence-electron chi connectivity index (χ0n) is 21.6. The van der Waals surface area contributed by atoms with E-state index in [0.717, 1.165) is 16.7 Å². The van der Waals surface area contributed by atoms with E-state index in [1.165, 1.54) is 0 Å². The molecule has 1 aromatic heterocycles. The molecule has 198 valence electrons. The molecule has 0 bridgehead atoms. The molecule has 0 unspecified atom stereocenters. The van der Waals surface area contributed by atoms with Gasteiger partial charge in [-0.05, 0) is 54.3 Å². The second-order valence-corrected chi connectivity index (χ2v) is 11.4. The van der Waals surface area contributed by atoms with E-state index in [1.54, 1.807) is 28.8 Å². The van der Waals surface area contributed by atoms with Crippen LogP contribution in [0.5, 0.6) is 5.75 Å². The smallest absolute Gasteiger partial charge is 0.254 e. The van der Waals surface area contributed by atoms with Gasteiger partial charge >= 0.3 is 0 Å². The predicted molar refractivity (Wildman–Crippen MR) is 151 cm³/mol. The van der Waals surface area contributed by atoms with Gasteiger partial charge in [-0.25, -0.2) is 8.42 Å². The van der Waals surface area contributed by atoms with Crippen molar-refractivity contribution in [1.29, 1.82) is 0 Å². The highest BCUT2D eigenvalue weighted by atomic mass is 32.2. The summed E-state index contributed by atoms with van der Waals surface area (Å²) in [6.07, 6.45) is 0.481. The van der Waals surface area contributed by atoms with Crippen LogP contribution in [0.15, 0.2) is 114 Å². The molecule has 5 aromatic rings. The van der Waals surface area contributed by atoms with Crippen LogP contribution in [0.3, 0.4) is 0 Å². The zero-order valence-corrected chi connectivity index (χ0v) is 22.5. The molecule has 0 radical (unpaired) electrons. The van der Waals surface area contributed by atoms with Gasteiger partial charge in [0.25, 0.3) is 5.16 Å². The number of rotatable bonds is 10. The summed E-state index contributed by atoms with van der Waals surface area (Å²) < 4.78 is 34.7. The number of benzene rings is 4. The largest absolute Gasteiger partial charge is 0.489 e. The van der Waals surface area contributed by atoms with Crippen LogP contribution in [-0.2, 0) is 28.6 Å². The topological polar surface area (TPSA) is 100 Å². The van der Waals surface area contributed by atoms with Gasteiger partial charge < -0.3 is 10.5 Å². The Bertz CT molecular complexity index is 1620. The highest BCUT2D eigenvalue weighted by Crippen LogP contribution is 2.26. The Morgan fingerprint density at radius 1 is 0.769 bits per heavy atom. The first-order valence-electron chi connectivity index (χ1n) is 12.7. The van der Waals surface area contributed by atoms with Crippen molar-refractivity contribution in [2.45, 2.75) is 36.9 Å². The number of sulfone groups is 1. The first-order chi connectivity index (χ1) is 18.9. The van der Waals surface area contributed by atoms with E-state index in [9.17, 15) is 8.42 Å².